The molecule has 0 saturated carbocycles. The first-order valence-corrected chi connectivity index (χ1v) is 8.47. The van der Waals surface area contributed by atoms with Gasteiger partial charge in [0.15, 0.2) is 5.82 Å². The fourth-order valence-corrected chi connectivity index (χ4v) is 3.01. The number of carbonyl (C=O) groups is 2. The zero-order chi connectivity index (χ0) is 18.8. The van der Waals surface area contributed by atoms with Gasteiger partial charge in [-0.1, -0.05) is 53.7 Å². The van der Waals surface area contributed by atoms with Gasteiger partial charge in [-0.3, -0.25) is 9.59 Å². The molecular weight excluding hydrogens is 344 g/mol. The minimum Gasteiger partial charge on any atom is -0.360 e. The molecule has 0 saturated heterocycles. The van der Waals surface area contributed by atoms with Gasteiger partial charge in [-0.2, -0.15) is 0 Å². The third-order valence-electron chi connectivity index (χ3n) is 4.30. The number of nitrogens with one attached hydrogen (secondary N) is 1. The molecule has 7 nitrogen and oxygen atoms in total. The van der Waals surface area contributed by atoms with Crippen molar-refractivity contribution in [3.8, 4) is 0 Å². The number of aryl methyl sites for hydroxylation is 1. The van der Waals surface area contributed by atoms with E-state index in [-0.39, 0.29) is 24.2 Å². The average Bonchev–Trinajstić information content (AvgIpc) is 3.08. The molecule has 0 bridgehead atoms. The van der Waals surface area contributed by atoms with Gasteiger partial charge in [-0.25, -0.2) is 0 Å². The quantitative estimate of drug-likeness (QED) is 0.900. The maximum Gasteiger partial charge on any atom is 0.276 e. The van der Waals surface area contributed by atoms with Crippen molar-refractivity contribution >= 4 is 23.3 Å². The van der Waals surface area contributed by atoms with Crippen LogP contribution in [-0.4, -0.2) is 17.0 Å². The van der Waals surface area contributed by atoms with Crippen molar-refractivity contribution in [3.63, 3.8) is 0 Å². The first-order chi connectivity index (χ1) is 13.1. The summed E-state index contributed by atoms with van der Waals surface area (Å²) in [6, 6.07) is 9.14. The Morgan fingerprint density at radius 1 is 1.19 bits per heavy atom. The van der Waals surface area contributed by atoms with E-state index in [1.807, 2.05) is 48.6 Å². The van der Waals surface area contributed by atoms with E-state index >= 15 is 0 Å². The van der Waals surface area contributed by atoms with Gasteiger partial charge in [0.1, 0.15) is 5.76 Å². The van der Waals surface area contributed by atoms with Gasteiger partial charge in [0.05, 0.1) is 18.0 Å². The second-order valence-electron chi connectivity index (χ2n) is 6.31. The molecule has 1 aliphatic heterocycles. The maximum absolute atomic E-state index is 12.1. The molecule has 1 atom stereocenters. The van der Waals surface area contributed by atoms with Crippen molar-refractivity contribution in [2.45, 2.75) is 13.3 Å². The lowest BCUT2D eigenvalue weighted by atomic mass is 9.89. The smallest absolute Gasteiger partial charge is 0.276 e. The molecule has 2 aliphatic rings. The summed E-state index contributed by atoms with van der Waals surface area (Å²) in [5.41, 5.74) is 3.21. The molecule has 0 radical (unpaired) electrons. The maximum atomic E-state index is 12.1. The van der Waals surface area contributed by atoms with E-state index in [0.29, 0.717) is 17.3 Å². The Kier molecular flexibility index (Phi) is 4.33. The van der Waals surface area contributed by atoms with E-state index < -0.39 is 0 Å². The van der Waals surface area contributed by atoms with E-state index in [4.69, 9.17) is 4.52 Å². The highest BCUT2D eigenvalue weighted by Gasteiger charge is 2.27. The molecular formula is C20H16N4O3. The van der Waals surface area contributed by atoms with Gasteiger partial charge >= 0.3 is 0 Å². The van der Waals surface area contributed by atoms with Crippen LogP contribution in [0.2, 0.25) is 0 Å². The molecule has 7 heteroatoms. The molecule has 1 aromatic heterocycles. The Bertz CT molecular complexity index is 1030. The first kappa shape index (κ1) is 16.8. The minimum absolute atomic E-state index is 0.179. The number of aromatic nitrogens is 1. The molecule has 2 aromatic rings. The van der Waals surface area contributed by atoms with Crippen LogP contribution in [0.15, 0.2) is 75.0 Å². The number of hydrogen-bond acceptors (Lipinski definition) is 5. The third-order valence-corrected chi connectivity index (χ3v) is 4.30. The number of benzene rings is 1. The van der Waals surface area contributed by atoms with Crippen molar-refractivity contribution in [2.75, 3.05) is 5.32 Å². The zero-order valence-corrected chi connectivity index (χ0v) is 14.5. The Labute approximate surface area is 155 Å². The molecule has 1 N–H and O–H groups in total. The van der Waals surface area contributed by atoms with Crippen molar-refractivity contribution in [3.05, 3.63) is 77.1 Å². The van der Waals surface area contributed by atoms with Crippen LogP contribution in [-0.2, 0) is 16.0 Å². The number of azo groups is 1. The van der Waals surface area contributed by atoms with Crippen molar-refractivity contribution in [1.82, 2.24) is 5.16 Å². The zero-order valence-electron chi connectivity index (χ0n) is 14.5. The molecule has 4 rings (SSSR count). The lowest BCUT2D eigenvalue weighted by molar-refractivity contribution is -0.120. The fourth-order valence-electron chi connectivity index (χ4n) is 3.01. The Morgan fingerprint density at radius 3 is 2.74 bits per heavy atom. The van der Waals surface area contributed by atoms with Crippen LogP contribution < -0.4 is 5.32 Å². The molecule has 2 heterocycles. The second-order valence-corrected chi connectivity index (χ2v) is 6.31. The molecule has 27 heavy (non-hydrogen) atoms. The highest BCUT2D eigenvalue weighted by Crippen LogP contribution is 2.34. The highest BCUT2D eigenvalue weighted by atomic mass is 16.5. The summed E-state index contributed by atoms with van der Waals surface area (Å²) in [7, 11) is 0. The molecule has 1 aromatic carbocycles. The SMILES string of the molecule is Cc1cc(NC(=O)Cc2ccc(C3=C4C=CC=CC4C(=O)N=N3)cc2)no1. The number of allylic oxidation sites excluding steroid dienone is 3. The monoisotopic (exact) mass is 360 g/mol. The van der Waals surface area contributed by atoms with Crippen LogP contribution in [0.25, 0.3) is 5.70 Å². The highest BCUT2D eigenvalue weighted by molar-refractivity contribution is 5.92. The van der Waals surface area contributed by atoms with Crippen molar-refractivity contribution in [2.24, 2.45) is 16.1 Å². The van der Waals surface area contributed by atoms with E-state index in [1.54, 1.807) is 13.0 Å². The lowest BCUT2D eigenvalue weighted by Gasteiger charge is -2.19. The number of nitrogens with zero attached hydrogens (tertiary/aromatic N) is 3. The normalized spacial score (nSPS) is 18.0. The molecule has 0 spiro atoms. The van der Waals surface area contributed by atoms with Gasteiger partial charge in [0.2, 0.25) is 5.91 Å². The number of rotatable bonds is 4. The number of hydrogen-bond donors (Lipinski definition) is 1. The molecule has 2 amide bonds. The Balaban J connectivity index is 1.50. The van der Waals surface area contributed by atoms with Crippen LogP contribution in [0, 0.1) is 12.8 Å². The Morgan fingerprint density at radius 2 is 2.00 bits per heavy atom. The van der Waals surface area contributed by atoms with Crippen LogP contribution in [0.3, 0.4) is 0 Å². The predicted octanol–water partition coefficient (Wildman–Crippen LogP) is 3.61. The van der Waals surface area contributed by atoms with Crippen molar-refractivity contribution in [1.29, 1.82) is 0 Å². The third kappa shape index (κ3) is 3.52. The minimum atomic E-state index is -0.376. The molecule has 134 valence electrons. The topological polar surface area (TPSA) is 96.9 Å². The fraction of sp³-hybridized carbons (Fsp3) is 0.150. The number of fused-ring (bicyclic) bond motifs is 1. The molecule has 1 unspecified atom stereocenters. The summed E-state index contributed by atoms with van der Waals surface area (Å²) in [5, 5.41) is 14.3. The van der Waals surface area contributed by atoms with Gasteiger partial charge < -0.3 is 9.84 Å². The van der Waals surface area contributed by atoms with E-state index in [9.17, 15) is 9.59 Å². The number of anilines is 1. The molecule has 0 fully saturated rings. The van der Waals surface area contributed by atoms with Crippen LogP contribution in [0.1, 0.15) is 16.9 Å². The van der Waals surface area contributed by atoms with Crippen LogP contribution in [0.4, 0.5) is 5.82 Å². The average molecular weight is 360 g/mol. The summed E-state index contributed by atoms with van der Waals surface area (Å²) >= 11 is 0. The summed E-state index contributed by atoms with van der Waals surface area (Å²) in [5.74, 6) is 0.219. The van der Waals surface area contributed by atoms with Gasteiger partial charge in [-0.05, 0) is 18.1 Å². The summed E-state index contributed by atoms with van der Waals surface area (Å²) in [4.78, 5) is 24.0. The van der Waals surface area contributed by atoms with Gasteiger partial charge in [0, 0.05) is 11.6 Å². The van der Waals surface area contributed by atoms with Gasteiger partial charge in [0.25, 0.3) is 5.91 Å². The lowest BCUT2D eigenvalue weighted by Crippen LogP contribution is -2.17. The number of carbonyl (C=O) groups excluding carboxylic acids is 2. The largest absolute Gasteiger partial charge is 0.360 e. The molecule has 1 aliphatic carbocycles. The Hall–Kier alpha value is -3.61. The van der Waals surface area contributed by atoms with Crippen LogP contribution >= 0.6 is 0 Å². The van der Waals surface area contributed by atoms with Gasteiger partial charge in [-0.15, -0.1) is 10.2 Å². The predicted molar refractivity (Wildman–Crippen MR) is 98.6 cm³/mol. The standard InChI is InChI=1S/C20H16N4O3/c1-12-10-17(24-27-12)21-18(25)11-13-6-8-14(9-7-13)19-15-4-2-3-5-16(15)20(26)23-22-19/h2-10,16H,11H2,1H3,(H,21,24,25). The van der Waals surface area contributed by atoms with Crippen molar-refractivity contribution < 1.29 is 14.1 Å². The number of amides is 2. The van der Waals surface area contributed by atoms with Crippen LogP contribution in [0.5, 0.6) is 0 Å². The summed E-state index contributed by atoms with van der Waals surface area (Å²) in [6.07, 6.45) is 7.63. The van der Waals surface area contributed by atoms with E-state index in [2.05, 4.69) is 20.7 Å². The summed E-state index contributed by atoms with van der Waals surface area (Å²) in [6.45, 7) is 1.76. The van der Waals surface area contributed by atoms with E-state index in [0.717, 1.165) is 16.7 Å². The van der Waals surface area contributed by atoms with E-state index in [1.165, 1.54) is 0 Å². The first-order valence-electron chi connectivity index (χ1n) is 8.47. The summed E-state index contributed by atoms with van der Waals surface area (Å²) < 4.78 is 4.93. The second kappa shape index (κ2) is 6.95.